The Morgan fingerprint density at radius 3 is 2.73 bits per heavy atom. The lowest BCUT2D eigenvalue weighted by atomic mass is 10.0. The molecule has 0 saturated carbocycles. The predicted molar refractivity (Wildman–Crippen MR) is 50.0 cm³/mol. The minimum atomic E-state index is 1.06. The molecule has 1 nitrogen and oxygen atoms in total. The average molecular weight is 147 g/mol. The van der Waals surface area contributed by atoms with Crippen LogP contribution in [-0.2, 0) is 0 Å². The summed E-state index contributed by atoms with van der Waals surface area (Å²) >= 11 is 0. The van der Waals surface area contributed by atoms with E-state index in [9.17, 15) is 0 Å². The Morgan fingerprint density at radius 2 is 2.09 bits per heavy atom. The van der Waals surface area contributed by atoms with Crippen LogP contribution in [0.2, 0.25) is 0 Å². The highest BCUT2D eigenvalue weighted by molar-refractivity contribution is 6.11. The Kier molecular flexibility index (Phi) is 2.84. The number of hydrogen-bond acceptors (Lipinski definition) is 1. The van der Waals surface area contributed by atoms with Gasteiger partial charge in [0.1, 0.15) is 0 Å². The van der Waals surface area contributed by atoms with Crippen molar-refractivity contribution in [2.75, 3.05) is 7.05 Å². The summed E-state index contributed by atoms with van der Waals surface area (Å²) in [6.45, 7) is 2.13. The predicted octanol–water partition coefficient (Wildman–Crippen LogP) is 2.52. The largest absolute Gasteiger partial charge is 0.288 e. The number of nitrogens with zero attached hydrogens (tertiary/aromatic N) is 1. The van der Waals surface area contributed by atoms with Crippen molar-refractivity contribution in [3.8, 4) is 0 Å². The Morgan fingerprint density at radius 1 is 1.36 bits per heavy atom. The van der Waals surface area contributed by atoms with E-state index in [1.54, 1.807) is 0 Å². The molecule has 58 valence electrons. The molecule has 0 amide bonds. The van der Waals surface area contributed by atoms with Gasteiger partial charge in [-0.1, -0.05) is 31.2 Å². The SMILES string of the molecule is CC/C=C1/C=CC=C/C1=N/C. The molecule has 1 aliphatic carbocycles. The molecule has 11 heavy (non-hydrogen) atoms. The Hall–Kier alpha value is -1.11. The minimum Gasteiger partial charge on any atom is -0.288 e. The highest BCUT2D eigenvalue weighted by Gasteiger charge is 2.00. The normalized spacial score (nSPS) is 23.5. The third kappa shape index (κ3) is 1.90. The molecule has 0 N–H and O–H groups in total. The zero-order valence-corrected chi connectivity index (χ0v) is 7.04. The molecule has 0 aromatic carbocycles. The number of aliphatic imine (C=N–C) groups is 1. The van der Waals surface area contributed by atoms with Crippen LogP contribution in [0.4, 0.5) is 0 Å². The van der Waals surface area contributed by atoms with Gasteiger partial charge in [-0.2, -0.15) is 0 Å². The molecule has 0 fully saturated rings. The molecule has 0 saturated heterocycles. The van der Waals surface area contributed by atoms with E-state index in [-0.39, 0.29) is 0 Å². The third-order valence-electron chi connectivity index (χ3n) is 1.60. The van der Waals surface area contributed by atoms with E-state index in [0.717, 1.165) is 12.1 Å². The summed E-state index contributed by atoms with van der Waals surface area (Å²) in [6.07, 6.45) is 11.4. The molecule has 1 rings (SSSR count). The van der Waals surface area contributed by atoms with Gasteiger partial charge in [0.2, 0.25) is 0 Å². The van der Waals surface area contributed by atoms with Crippen LogP contribution < -0.4 is 0 Å². The van der Waals surface area contributed by atoms with Gasteiger partial charge in [-0.25, -0.2) is 0 Å². The van der Waals surface area contributed by atoms with Gasteiger partial charge in [0, 0.05) is 7.05 Å². The Bertz CT molecular complexity index is 242. The van der Waals surface area contributed by atoms with Gasteiger partial charge in [-0.3, -0.25) is 4.99 Å². The summed E-state index contributed by atoms with van der Waals surface area (Å²) < 4.78 is 0. The molecule has 0 heterocycles. The number of allylic oxidation sites excluding steroid dienone is 6. The first-order valence-electron chi connectivity index (χ1n) is 3.90. The van der Waals surface area contributed by atoms with Crippen LogP contribution >= 0.6 is 0 Å². The van der Waals surface area contributed by atoms with Crippen molar-refractivity contribution in [1.82, 2.24) is 0 Å². The maximum Gasteiger partial charge on any atom is 0.0639 e. The smallest absolute Gasteiger partial charge is 0.0639 e. The summed E-state index contributed by atoms with van der Waals surface area (Å²) in [5.41, 5.74) is 2.31. The highest BCUT2D eigenvalue weighted by atomic mass is 14.7. The maximum absolute atomic E-state index is 4.16. The van der Waals surface area contributed by atoms with Gasteiger partial charge in [0.15, 0.2) is 0 Å². The van der Waals surface area contributed by atoms with Crippen molar-refractivity contribution >= 4 is 5.71 Å². The summed E-state index contributed by atoms with van der Waals surface area (Å²) in [5.74, 6) is 0. The molecular weight excluding hydrogens is 134 g/mol. The van der Waals surface area contributed by atoms with Gasteiger partial charge in [0.05, 0.1) is 5.71 Å². The van der Waals surface area contributed by atoms with Crippen molar-refractivity contribution < 1.29 is 0 Å². The highest BCUT2D eigenvalue weighted by Crippen LogP contribution is 2.08. The van der Waals surface area contributed by atoms with Gasteiger partial charge in [-0.05, 0) is 18.1 Å². The lowest BCUT2D eigenvalue weighted by molar-refractivity contribution is 1.21. The van der Waals surface area contributed by atoms with E-state index >= 15 is 0 Å². The van der Waals surface area contributed by atoms with Crippen LogP contribution in [0.5, 0.6) is 0 Å². The summed E-state index contributed by atoms with van der Waals surface area (Å²) in [7, 11) is 1.82. The Labute approximate surface area is 67.8 Å². The fourth-order valence-electron chi connectivity index (χ4n) is 1.08. The minimum absolute atomic E-state index is 1.06. The summed E-state index contributed by atoms with van der Waals surface area (Å²) in [5, 5.41) is 0. The quantitative estimate of drug-likeness (QED) is 0.540. The second kappa shape index (κ2) is 3.91. The van der Waals surface area contributed by atoms with Crippen LogP contribution in [-0.4, -0.2) is 12.8 Å². The van der Waals surface area contributed by atoms with Gasteiger partial charge in [-0.15, -0.1) is 0 Å². The average Bonchev–Trinajstić information content (AvgIpc) is 2.06. The van der Waals surface area contributed by atoms with E-state index in [1.807, 2.05) is 25.3 Å². The van der Waals surface area contributed by atoms with Crippen LogP contribution in [0.15, 0.2) is 40.9 Å². The first-order valence-corrected chi connectivity index (χ1v) is 3.90. The fraction of sp³-hybridized carbons (Fsp3) is 0.300. The van der Waals surface area contributed by atoms with E-state index in [4.69, 9.17) is 0 Å². The van der Waals surface area contributed by atoms with Crippen LogP contribution in [0.1, 0.15) is 13.3 Å². The molecule has 0 aromatic heterocycles. The first-order chi connectivity index (χ1) is 5.38. The molecule has 0 aromatic rings. The van der Waals surface area contributed by atoms with Crippen molar-refractivity contribution in [2.24, 2.45) is 4.99 Å². The molecule has 0 atom stereocenters. The summed E-state index contributed by atoms with van der Waals surface area (Å²) in [6, 6.07) is 0. The molecule has 0 radical (unpaired) electrons. The topological polar surface area (TPSA) is 12.4 Å². The second-order valence-electron chi connectivity index (χ2n) is 2.39. The molecule has 0 unspecified atom stereocenters. The Balaban J connectivity index is 2.88. The van der Waals surface area contributed by atoms with Crippen LogP contribution in [0.25, 0.3) is 0 Å². The molecule has 0 aliphatic heterocycles. The van der Waals surface area contributed by atoms with Crippen LogP contribution in [0, 0.1) is 0 Å². The van der Waals surface area contributed by atoms with E-state index in [2.05, 4.69) is 24.1 Å². The van der Waals surface area contributed by atoms with Crippen molar-refractivity contribution in [3.63, 3.8) is 0 Å². The van der Waals surface area contributed by atoms with Crippen molar-refractivity contribution in [2.45, 2.75) is 13.3 Å². The number of rotatable bonds is 1. The first kappa shape index (κ1) is 7.99. The van der Waals surface area contributed by atoms with Crippen molar-refractivity contribution in [3.05, 3.63) is 36.0 Å². The van der Waals surface area contributed by atoms with Gasteiger partial charge in [0.25, 0.3) is 0 Å². The van der Waals surface area contributed by atoms with Gasteiger partial charge < -0.3 is 0 Å². The molecule has 1 aliphatic rings. The van der Waals surface area contributed by atoms with E-state index in [0.29, 0.717) is 0 Å². The monoisotopic (exact) mass is 147 g/mol. The maximum atomic E-state index is 4.16. The third-order valence-corrected chi connectivity index (χ3v) is 1.60. The summed E-state index contributed by atoms with van der Waals surface area (Å²) in [4.78, 5) is 4.16. The zero-order valence-electron chi connectivity index (χ0n) is 7.04. The van der Waals surface area contributed by atoms with E-state index in [1.165, 1.54) is 5.57 Å². The van der Waals surface area contributed by atoms with Crippen molar-refractivity contribution in [1.29, 1.82) is 0 Å². The fourth-order valence-corrected chi connectivity index (χ4v) is 1.08. The number of hydrogen-bond donors (Lipinski definition) is 0. The molecular formula is C10H13N. The standard InChI is InChI=1S/C10H13N/c1-3-6-9-7-4-5-8-10(9)11-2/h4-8H,3H2,1-2H3/b9-6-,11-10-. The lowest BCUT2D eigenvalue weighted by Crippen LogP contribution is -1.99. The second-order valence-corrected chi connectivity index (χ2v) is 2.39. The molecule has 0 spiro atoms. The zero-order chi connectivity index (χ0) is 8.10. The van der Waals surface area contributed by atoms with Crippen LogP contribution in [0.3, 0.4) is 0 Å². The lowest BCUT2D eigenvalue weighted by Gasteiger charge is -2.04. The van der Waals surface area contributed by atoms with E-state index < -0.39 is 0 Å². The molecule has 0 bridgehead atoms. The molecule has 1 heteroatoms. The van der Waals surface area contributed by atoms with Gasteiger partial charge >= 0.3 is 0 Å².